The summed E-state index contributed by atoms with van der Waals surface area (Å²) in [5.74, 6) is 2.62. The lowest BCUT2D eigenvalue weighted by Crippen LogP contribution is -2.32. The Morgan fingerprint density at radius 3 is 2.56 bits per heavy atom. The van der Waals surface area contributed by atoms with Gasteiger partial charge in [-0.2, -0.15) is 0 Å². The molecule has 2 aromatic rings. The van der Waals surface area contributed by atoms with Crippen LogP contribution >= 0.6 is 0 Å². The van der Waals surface area contributed by atoms with Crippen LogP contribution in [0.1, 0.15) is 38.3 Å². The van der Waals surface area contributed by atoms with Crippen LogP contribution in [0.4, 0.5) is 0 Å². The van der Waals surface area contributed by atoms with Gasteiger partial charge in [-0.1, -0.05) is 38.1 Å². The molecule has 27 heavy (non-hydrogen) atoms. The number of hydrogen-bond acceptors (Lipinski definition) is 4. The van der Waals surface area contributed by atoms with Crippen molar-refractivity contribution in [3.05, 3.63) is 54.1 Å². The van der Waals surface area contributed by atoms with Crippen molar-refractivity contribution in [2.75, 3.05) is 19.8 Å². The highest BCUT2D eigenvalue weighted by atomic mass is 16.6. The molecule has 1 unspecified atom stereocenters. The molecule has 1 aliphatic heterocycles. The number of amides is 1. The van der Waals surface area contributed by atoms with E-state index >= 15 is 0 Å². The maximum atomic E-state index is 12.4. The van der Waals surface area contributed by atoms with Gasteiger partial charge in [0, 0.05) is 6.42 Å². The molecular weight excluding hydrogens is 342 g/mol. The fraction of sp³-hybridized carbons (Fsp3) is 0.409. The normalized spacial score (nSPS) is 13.9. The fourth-order valence-electron chi connectivity index (χ4n) is 3.07. The van der Waals surface area contributed by atoms with Crippen molar-refractivity contribution in [3.63, 3.8) is 0 Å². The topological polar surface area (TPSA) is 56.8 Å². The van der Waals surface area contributed by atoms with E-state index in [4.69, 9.17) is 14.2 Å². The minimum Gasteiger partial charge on any atom is -0.494 e. The summed E-state index contributed by atoms with van der Waals surface area (Å²) < 4.78 is 16.9. The van der Waals surface area contributed by atoms with Gasteiger partial charge in [0.05, 0.1) is 12.6 Å². The number of fused-ring (bicyclic) bond motifs is 1. The monoisotopic (exact) mass is 369 g/mol. The van der Waals surface area contributed by atoms with Gasteiger partial charge in [0.2, 0.25) is 5.91 Å². The molecule has 3 rings (SSSR count). The number of nitrogens with one attached hydrogen (secondary N) is 1. The summed E-state index contributed by atoms with van der Waals surface area (Å²) in [4.78, 5) is 12.4. The number of rotatable bonds is 8. The summed E-state index contributed by atoms with van der Waals surface area (Å²) in [6.07, 6.45) is 1.10. The van der Waals surface area contributed by atoms with E-state index < -0.39 is 0 Å². The lowest BCUT2D eigenvalue weighted by Gasteiger charge is -2.25. The van der Waals surface area contributed by atoms with Gasteiger partial charge in [0.15, 0.2) is 11.5 Å². The van der Waals surface area contributed by atoms with Crippen LogP contribution < -0.4 is 19.5 Å². The minimum atomic E-state index is -0.0663. The van der Waals surface area contributed by atoms with Gasteiger partial charge in [-0.25, -0.2) is 0 Å². The summed E-state index contributed by atoms with van der Waals surface area (Å²) in [6.45, 7) is 5.84. The largest absolute Gasteiger partial charge is 0.494 e. The van der Waals surface area contributed by atoms with Crippen molar-refractivity contribution in [2.24, 2.45) is 5.92 Å². The Morgan fingerprint density at radius 1 is 1.07 bits per heavy atom. The molecule has 0 aliphatic carbocycles. The fourth-order valence-corrected chi connectivity index (χ4v) is 3.07. The van der Waals surface area contributed by atoms with Gasteiger partial charge >= 0.3 is 0 Å². The third kappa shape index (κ3) is 5.39. The van der Waals surface area contributed by atoms with Crippen molar-refractivity contribution in [1.29, 1.82) is 0 Å². The molecule has 144 valence electrons. The zero-order valence-electron chi connectivity index (χ0n) is 15.9. The predicted octanol–water partition coefficient (Wildman–Crippen LogP) is 4.13. The molecule has 1 amide bonds. The maximum Gasteiger partial charge on any atom is 0.220 e. The molecular formula is C22H27NO4. The first-order valence-electron chi connectivity index (χ1n) is 9.50. The van der Waals surface area contributed by atoms with E-state index in [-0.39, 0.29) is 17.9 Å². The Kier molecular flexibility index (Phi) is 6.58. The molecule has 0 fully saturated rings. The summed E-state index contributed by atoms with van der Waals surface area (Å²) in [6, 6.07) is 15.5. The summed E-state index contributed by atoms with van der Waals surface area (Å²) in [5, 5.41) is 3.15. The Bertz CT molecular complexity index is 745. The maximum absolute atomic E-state index is 12.4. The van der Waals surface area contributed by atoms with Crippen LogP contribution in [-0.2, 0) is 4.79 Å². The molecule has 0 aromatic heterocycles. The van der Waals surface area contributed by atoms with E-state index in [1.807, 2.05) is 48.5 Å². The zero-order valence-corrected chi connectivity index (χ0v) is 15.9. The molecule has 0 saturated heterocycles. The van der Waals surface area contributed by atoms with E-state index in [1.165, 1.54) is 0 Å². The molecule has 0 spiro atoms. The van der Waals surface area contributed by atoms with Gasteiger partial charge in [-0.05, 0) is 42.2 Å². The number of carbonyl (C=O) groups is 1. The third-order valence-corrected chi connectivity index (χ3v) is 4.47. The molecule has 2 aromatic carbocycles. The second kappa shape index (κ2) is 9.31. The summed E-state index contributed by atoms with van der Waals surface area (Å²) in [5.41, 5.74) is 1.03. The van der Waals surface area contributed by atoms with Crippen LogP contribution in [0.5, 0.6) is 17.2 Å². The first-order valence-corrected chi connectivity index (χ1v) is 9.50. The van der Waals surface area contributed by atoms with Gasteiger partial charge in [0.1, 0.15) is 19.0 Å². The van der Waals surface area contributed by atoms with Crippen LogP contribution in [0.2, 0.25) is 0 Å². The first-order chi connectivity index (χ1) is 13.1. The highest BCUT2D eigenvalue weighted by Gasteiger charge is 2.21. The molecule has 1 atom stereocenters. The Balaban J connectivity index is 1.52. The van der Waals surface area contributed by atoms with Gasteiger partial charge in [-0.15, -0.1) is 0 Å². The smallest absolute Gasteiger partial charge is 0.220 e. The Morgan fingerprint density at radius 2 is 1.81 bits per heavy atom. The van der Waals surface area contributed by atoms with Crippen LogP contribution in [-0.4, -0.2) is 25.7 Å². The van der Waals surface area contributed by atoms with Crippen molar-refractivity contribution >= 4 is 5.91 Å². The average Bonchev–Trinajstić information content (AvgIpc) is 2.69. The lowest BCUT2D eigenvalue weighted by molar-refractivity contribution is -0.122. The van der Waals surface area contributed by atoms with Crippen molar-refractivity contribution in [1.82, 2.24) is 5.32 Å². The van der Waals surface area contributed by atoms with Gasteiger partial charge in [-0.3, -0.25) is 4.79 Å². The quantitative estimate of drug-likeness (QED) is 0.711. The SMILES string of the molecule is CC(C)C(NC(=O)CCCOc1ccccc1)c1ccc2c(c1)OCCO2. The summed E-state index contributed by atoms with van der Waals surface area (Å²) in [7, 11) is 0. The molecule has 5 heteroatoms. The Hall–Kier alpha value is -2.69. The van der Waals surface area contributed by atoms with Crippen molar-refractivity contribution < 1.29 is 19.0 Å². The molecule has 1 N–H and O–H groups in total. The Labute approximate surface area is 160 Å². The number of ether oxygens (including phenoxy) is 3. The van der Waals surface area contributed by atoms with Crippen LogP contribution in [0.3, 0.4) is 0 Å². The predicted molar refractivity (Wildman–Crippen MR) is 104 cm³/mol. The molecule has 1 aliphatic rings. The average molecular weight is 369 g/mol. The van der Waals surface area contributed by atoms with Crippen LogP contribution in [0.15, 0.2) is 48.5 Å². The molecule has 0 radical (unpaired) electrons. The first kappa shape index (κ1) is 19.1. The molecule has 1 heterocycles. The standard InChI is InChI=1S/C22H27NO4/c1-16(2)22(17-10-11-19-20(15-17)27-14-13-26-19)23-21(24)9-6-12-25-18-7-4-3-5-8-18/h3-5,7-8,10-11,15-16,22H,6,9,12-14H2,1-2H3,(H,23,24). The second-order valence-corrected chi connectivity index (χ2v) is 6.96. The molecule has 0 saturated carbocycles. The van der Waals surface area contributed by atoms with Gasteiger partial charge in [0.25, 0.3) is 0 Å². The number of para-hydroxylation sites is 1. The minimum absolute atomic E-state index is 0.0280. The van der Waals surface area contributed by atoms with E-state index in [0.29, 0.717) is 32.7 Å². The zero-order chi connectivity index (χ0) is 19.1. The van der Waals surface area contributed by atoms with E-state index in [0.717, 1.165) is 22.8 Å². The molecule has 5 nitrogen and oxygen atoms in total. The van der Waals surface area contributed by atoms with Crippen molar-refractivity contribution in [3.8, 4) is 17.2 Å². The number of hydrogen-bond donors (Lipinski definition) is 1. The van der Waals surface area contributed by atoms with Gasteiger partial charge < -0.3 is 19.5 Å². The third-order valence-electron chi connectivity index (χ3n) is 4.47. The summed E-state index contributed by atoms with van der Waals surface area (Å²) >= 11 is 0. The second-order valence-electron chi connectivity index (χ2n) is 6.96. The van der Waals surface area contributed by atoms with E-state index in [9.17, 15) is 4.79 Å². The van der Waals surface area contributed by atoms with Crippen molar-refractivity contribution in [2.45, 2.75) is 32.7 Å². The van der Waals surface area contributed by atoms with Crippen LogP contribution in [0.25, 0.3) is 0 Å². The highest BCUT2D eigenvalue weighted by molar-refractivity contribution is 5.76. The number of carbonyl (C=O) groups excluding carboxylic acids is 1. The van der Waals surface area contributed by atoms with Crippen LogP contribution in [0, 0.1) is 5.92 Å². The lowest BCUT2D eigenvalue weighted by atomic mass is 9.95. The highest BCUT2D eigenvalue weighted by Crippen LogP contribution is 2.34. The number of benzene rings is 2. The van der Waals surface area contributed by atoms with E-state index in [2.05, 4.69) is 19.2 Å². The molecule has 0 bridgehead atoms. The van der Waals surface area contributed by atoms with E-state index in [1.54, 1.807) is 0 Å².